The maximum Gasteiger partial charge on any atom is 0.272 e. The van der Waals surface area contributed by atoms with E-state index in [0.29, 0.717) is 23.4 Å². The van der Waals surface area contributed by atoms with Gasteiger partial charge in [-0.15, -0.1) is 0 Å². The molecule has 1 unspecified atom stereocenters. The van der Waals surface area contributed by atoms with Crippen molar-refractivity contribution in [1.29, 1.82) is 5.26 Å². The highest BCUT2D eigenvalue weighted by Gasteiger charge is 2.45. The third-order valence-corrected chi connectivity index (χ3v) is 9.56. The van der Waals surface area contributed by atoms with Crippen molar-refractivity contribution in [3.8, 4) is 28.8 Å². The molecule has 226 valence electrons. The molecule has 0 aliphatic carbocycles. The van der Waals surface area contributed by atoms with Crippen molar-refractivity contribution in [3.05, 3.63) is 113 Å². The molecule has 3 aromatic carbocycles. The Kier molecular flexibility index (Phi) is 8.20. The minimum Gasteiger partial charge on any atom is -0.494 e. The first-order chi connectivity index (χ1) is 21.8. The first-order valence-electron chi connectivity index (χ1n) is 14.7. The maximum absolute atomic E-state index is 14.3. The molecule has 1 saturated heterocycles. The monoisotopic (exact) mass is 618 g/mol. The van der Waals surface area contributed by atoms with Crippen LogP contribution in [0.25, 0.3) is 28.6 Å². The molecule has 6 rings (SSSR count). The minimum absolute atomic E-state index is 0.110. The van der Waals surface area contributed by atoms with Crippen molar-refractivity contribution in [1.82, 2.24) is 14.7 Å². The molecule has 45 heavy (non-hydrogen) atoms. The third-order valence-electron chi connectivity index (χ3n) is 7.81. The van der Waals surface area contributed by atoms with Crippen LogP contribution in [-0.4, -0.2) is 59.1 Å². The Balaban J connectivity index is 1.55. The lowest BCUT2D eigenvalue weighted by atomic mass is 9.86. The van der Waals surface area contributed by atoms with Crippen molar-refractivity contribution in [3.63, 3.8) is 0 Å². The van der Waals surface area contributed by atoms with Crippen LogP contribution in [0.2, 0.25) is 0 Å². The zero-order valence-corrected chi connectivity index (χ0v) is 25.4. The molecule has 0 bridgehead atoms. The van der Waals surface area contributed by atoms with E-state index in [4.69, 9.17) is 9.84 Å². The van der Waals surface area contributed by atoms with E-state index in [1.807, 2.05) is 67.6 Å². The summed E-state index contributed by atoms with van der Waals surface area (Å²) in [6, 6.07) is 27.0. The fraction of sp³-hybridized carbons (Fsp3) is 0.200. The van der Waals surface area contributed by atoms with Crippen molar-refractivity contribution >= 4 is 33.3 Å². The molecule has 0 radical (unpaired) electrons. The van der Waals surface area contributed by atoms with Crippen molar-refractivity contribution in [2.45, 2.75) is 25.8 Å². The van der Waals surface area contributed by atoms with Gasteiger partial charge in [0.25, 0.3) is 11.8 Å². The van der Waals surface area contributed by atoms with Crippen LogP contribution in [0.4, 0.5) is 0 Å². The Morgan fingerprint density at radius 3 is 2.27 bits per heavy atom. The topological polar surface area (TPSA) is 122 Å². The number of amides is 2. The lowest BCUT2D eigenvalue weighted by Gasteiger charge is -2.32. The van der Waals surface area contributed by atoms with E-state index in [0.717, 1.165) is 28.3 Å². The number of carbonyl (C=O) groups excluding carboxylic acids is 2. The molecule has 3 heterocycles. The van der Waals surface area contributed by atoms with Gasteiger partial charge in [0, 0.05) is 22.9 Å². The number of hydrogen-bond donors (Lipinski definition) is 0. The molecule has 1 aromatic heterocycles. The van der Waals surface area contributed by atoms with Gasteiger partial charge in [-0.1, -0.05) is 55.5 Å². The van der Waals surface area contributed by atoms with Gasteiger partial charge < -0.3 is 4.74 Å². The van der Waals surface area contributed by atoms with Crippen LogP contribution in [0.1, 0.15) is 30.9 Å². The van der Waals surface area contributed by atoms with Crippen LogP contribution in [-0.2, 0) is 19.4 Å². The predicted octanol–water partition coefficient (Wildman–Crippen LogP) is 5.24. The second-order valence-corrected chi connectivity index (χ2v) is 13.1. The smallest absolute Gasteiger partial charge is 0.272 e. The van der Waals surface area contributed by atoms with Gasteiger partial charge in [-0.05, 0) is 60.9 Å². The summed E-state index contributed by atoms with van der Waals surface area (Å²) in [7, 11) is -3.43. The van der Waals surface area contributed by atoms with Gasteiger partial charge >= 0.3 is 0 Å². The van der Waals surface area contributed by atoms with Gasteiger partial charge in [0.2, 0.25) is 0 Å². The second kappa shape index (κ2) is 12.4. The SMILES string of the molecule is CCCOc1ccc(-c2nn(-c3ccccc3)cc2/C=C2\C(=O)N(C3CCS(=O)(=O)C3)C(=O)C(C#N)=C2c2ccccc2)cc1. The molecule has 2 aliphatic rings. The number of para-hydroxylation sites is 1. The van der Waals surface area contributed by atoms with Gasteiger partial charge in [-0.25, -0.2) is 13.1 Å². The Labute approximate surface area is 261 Å². The van der Waals surface area contributed by atoms with E-state index >= 15 is 0 Å². The normalized spacial score (nSPS) is 18.8. The highest BCUT2D eigenvalue weighted by molar-refractivity contribution is 7.91. The Morgan fingerprint density at radius 1 is 0.956 bits per heavy atom. The molecule has 9 nitrogen and oxygen atoms in total. The Morgan fingerprint density at radius 2 is 1.64 bits per heavy atom. The third kappa shape index (κ3) is 5.95. The Hall–Kier alpha value is -5.27. The lowest BCUT2D eigenvalue weighted by molar-refractivity contribution is -0.142. The molecule has 10 heteroatoms. The van der Waals surface area contributed by atoms with E-state index in [1.165, 1.54) is 0 Å². The number of hydrogen-bond acceptors (Lipinski definition) is 7. The molecule has 0 N–H and O–H groups in total. The molecule has 2 amide bonds. The summed E-state index contributed by atoms with van der Waals surface area (Å²) in [4.78, 5) is 29.0. The predicted molar refractivity (Wildman–Crippen MR) is 171 cm³/mol. The summed E-state index contributed by atoms with van der Waals surface area (Å²) in [5.41, 5.74) is 3.32. The fourth-order valence-corrected chi connectivity index (χ4v) is 7.36. The number of imide groups is 1. The van der Waals surface area contributed by atoms with Crippen LogP contribution in [0.5, 0.6) is 5.75 Å². The van der Waals surface area contributed by atoms with Gasteiger partial charge in [0.05, 0.1) is 41.1 Å². The van der Waals surface area contributed by atoms with Gasteiger partial charge in [-0.2, -0.15) is 10.4 Å². The van der Waals surface area contributed by atoms with Crippen molar-refractivity contribution < 1.29 is 22.7 Å². The first-order valence-corrected chi connectivity index (χ1v) is 16.5. The van der Waals surface area contributed by atoms with E-state index in [9.17, 15) is 23.3 Å². The standard InChI is InChI=1S/C35H30N4O5S/c1-2-18-44-29-15-13-25(14-16-29)33-26(22-38(37-33)27-11-7-4-8-12-27)20-30-32(24-9-5-3-6-10-24)31(21-36)35(41)39(34(30)40)28-17-19-45(42,43)23-28/h3-16,20,22,28H,2,17-19,23H2,1H3/b30-20-. The molecule has 1 atom stereocenters. The highest BCUT2D eigenvalue weighted by atomic mass is 32.2. The summed E-state index contributed by atoms with van der Waals surface area (Å²) >= 11 is 0. The van der Waals surface area contributed by atoms with E-state index in [1.54, 1.807) is 47.3 Å². The van der Waals surface area contributed by atoms with Crippen LogP contribution in [0, 0.1) is 11.3 Å². The van der Waals surface area contributed by atoms with Crippen LogP contribution >= 0.6 is 0 Å². The molecule has 1 fully saturated rings. The van der Waals surface area contributed by atoms with Crippen LogP contribution in [0.15, 0.2) is 102 Å². The summed E-state index contributed by atoms with van der Waals surface area (Å²) in [5.74, 6) is -1.18. The van der Waals surface area contributed by atoms with Crippen molar-refractivity contribution in [2.24, 2.45) is 0 Å². The number of ether oxygens (including phenoxy) is 1. The zero-order valence-electron chi connectivity index (χ0n) is 24.6. The van der Waals surface area contributed by atoms with E-state index in [2.05, 4.69) is 0 Å². The number of aromatic nitrogens is 2. The van der Waals surface area contributed by atoms with Gasteiger partial charge in [0.1, 0.15) is 17.4 Å². The number of benzene rings is 3. The summed E-state index contributed by atoms with van der Waals surface area (Å²) in [6.07, 6.45) is 4.44. The average Bonchev–Trinajstić information content (AvgIpc) is 3.65. The van der Waals surface area contributed by atoms with Gasteiger partial charge in [-0.3, -0.25) is 14.5 Å². The minimum atomic E-state index is -3.43. The number of nitriles is 1. The first kappa shape index (κ1) is 29.8. The lowest BCUT2D eigenvalue weighted by Crippen LogP contribution is -2.49. The molecule has 4 aromatic rings. The highest BCUT2D eigenvalue weighted by Crippen LogP contribution is 2.38. The fourth-order valence-electron chi connectivity index (χ4n) is 5.66. The maximum atomic E-state index is 14.3. The average molecular weight is 619 g/mol. The number of carbonyl (C=O) groups is 2. The van der Waals surface area contributed by atoms with Crippen LogP contribution < -0.4 is 4.74 Å². The molecule has 2 aliphatic heterocycles. The number of sulfone groups is 1. The molecular formula is C35H30N4O5S. The summed E-state index contributed by atoms with van der Waals surface area (Å²) in [6.45, 7) is 2.63. The van der Waals surface area contributed by atoms with E-state index in [-0.39, 0.29) is 34.6 Å². The molecule has 0 spiro atoms. The van der Waals surface area contributed by atoms with E-state index < -0.39 is 27.7 Å². The van der Waals surface area contributed by atoms with Gasteiger partial charge in [0.15, 0.2) is 9.84 Å². The summed E-state index contributed by atoms with van der Waals surface area (Å²) in [5, 5.41) is 15.1. The largest absolute Gasteiger partial charge is 0.494 e. The quantitative estimate of drug-likeness (QED) is 0.195. The zero-order chi connectivity index (χ0) is 31.6. The molecular weight excluding hydrogens is 588 g/mol. The Bertz CT molecular complexity index is 1970. The van der Waals surface area contributed by atoms with Crippen LogP contribution in [0.3, 0.4) is 0 Å². The second-order valence-electron chi connectivity index (χ2n) is 10.9. The number of rotatable bonds is 8. The number of nitrogens with zero attached hydrogens (tertiary/aromatic N) is 4. The molecule has 0 saturated carbocycles. The summed E-state index contributed by atoms with van der Waals surface area (Å²) < 4.78 is 32.2. The van der Waals surface area contributed by atoms with Crippen molar-refractivity contribution in [2.75, 3.05) is 18.1 Å².